The first-order valence-corrected chi connectivity index (χ1v) is 6.40. The molecular formula is C12H15IN2O2. The van der Waals surface area contributed by atoms with E-state index in [1.54, 1.807) is 24.1 Å². The molecule has 0 fully saturated rings. The molecule has 5 heteroatoms. The predicted molar refractivity (Wildman–Crippen MR) is 74.8 cm³/mol. The standard InChI is InChI=1S/C12H15IN2O2/c1-3-15(2)11(16)8-14-12(17)9-5-4-6-10(13)7-9/h4-7H,3,8H2,1-2H3,(H,14,17). The fraction of sp³-hybridized carbons (Fsp3) is 0.333. The zero-order valence-corrected chi connectivity index (χ0v) is 12.0. The minimum Gasteiger partial charge on any atom is -0.345 e. The van der Waals surface area contributed by atoms with E-state index in [1.807, 2.05) is 19.1 Å². The second-order valence-corrected chi connectivity index (χ2v) is 4.85. The molecule has 1 aromatic rings. The molecule has 1 aromatic carbocycles. The van der Waals surface area contributed by atoms with Crippen LogP contribution < -0.4 is 5.32 Å². The maximum absolute atomic E-state index is 11.7. The van der Waals surface area contributed by atoms with Crippen molar-refractivity contribution in [2.24, 2.45) is 0 Å². The van der Waals surface area contributed by atoms with Gasteiger partial charge < -0.3 is 10.2 Å². The lowest BCUT2D eigenvalue weighted by atomic mass is 10.2. The van der Waals surface area contributed by atoms with E-state index in [9.17, 15) is 9.59 Å². The van der Waals surface area contributed by atoms with Crippen molar-refractivity contribution in [3.05, 3.63) is 33.4 Å². The summed E-state index contributed by atoms with van der Waals surface area (Å²) in [5, 5.41) is 2.61. The number of hydrogen-bond donors (Lipinski definition) is 1. The van der Waals surface area contributed by atoms with E-state index >= 15 is 0 Å². The lowest BCUT2D eigenvalue weighted by Gasteiger charge is -2.14. The van der Waals surface area contributed by atoms with Gasteiger partial charge in [-0.25, -0.2) is 0 Å². The van der Waals surface area contributed by atoms with E-state index in [4.69, 9.17) is 0 Å². The highest BCUT2D eigenvalue weighted by molar-refractivity contribution is 14.1. The molecule has 0 bridgehead atoms. The highest BCUT2D eigenvalue weighted by atomic mass is 127. The van der Waals surface area contributed by atoms with Crippen LogP contribution in [0.2, 0.25) is 0 Å². The van der Waals surface area contributed by atoms with Crippen molar-refractivity contribution in [3.63, 3.8) is 0 Å². The molecule has 17 heavy (non-hydrogen) atoms. The maximum Gasteiger partial charge on any atom is 0.251 e. The van der Waals surface area contributed by atoms with Crippen LogP contribution in [0.3, 0.4) is 0 Å². The van der Waals surface area contributed by atoms with Crippen LogP contribution in [0.4, 0.5) is 0 Å². The van der Waals surface area contributed by atoms with E-state index in [0.29, 0.717) is 12.1 Å². The number of nitrogens with zero attached hydrogens (tertiary/aromatic N) is 1. The summed E-state index contributed by atoms with van der Waals surface area (Å²) in [6.45, 7) is 2.56. The van der Waals surface area contributed by atoms with Gasteiger partial charge in [-0.1, -0.05) is 6.07 Å². The van der Waals surface area contributed by atoms with Gasteiger partial charge in [0, 0.05) is 22.7 Å². The van der Waals surface area contributed by atoms with Crippen LogP contribution in [0.5, 0.6) is 0 Å². The summed E-state index contributed by atoms with van der Waals surface area (Å²) in [6, 6.07) is 7.24. The van der Waals surface area contributed by atoms with Crippen molar-refractivity contribution in [1.29, 1.82) is 0 Å². The smallest absolute Gasteiger partial charge is 0.251 e. The molecule has 4 nitrogen and oxygen atoms in total. The second-order valence-electron chi connectivity index (χ2n) is 3.60. The molecule has 0 saturated heterocycles. The molecule has 0 aliphatic heterocycles. The quantitative estimate of drug-likeness (QED) is 0.840. The van der Waals surface area contributed by atoms with Crippen LogP contribution in [-0.2, 0) is 4.79 Å². The summed E-state index contributed by atoms with van der Waals surface area (Å²) in [6.07, 6.45) is 0. The number of carbonyl (C=O) groups is 2. The van der Waals surface area contributed by atoms with Gasteiger partial charge in [0.25, 0.3) is 5.91 Å². The van der Waals surface area contributed by atoms with Gasteiger partial charge in [-0.15, -0.1) is 0 Å². The zero-order chi connectivity index (χ0) is 12.8. The molecular weight excluding hydrogens is 331 g/mol. The number of benzene rings is 1. The first-order valence-electron chi connectivity index (χ1n) is 5.32. The van der Waals surface area contributed by atoms with Crippen LogP contribution in [0.25, 0.3) is 0 Å². The number of hydrogen-bond acceptors (Lipinski definition) is 2. The normalized spacial score (nSPS) is 9.82. The van der Waals surface area contributed by atoms with Crippen molar-refractivity contribution < 1.29 is 9.59 Å². The summed E-state index contributed by atoms with van der Waals surface area (Å²) in [7, 11) is 1.71. The van der Waals surface area contributed by atoms with Gasteiger partial charge in [-0.2, -0.15) is 0 Å². The van der Waals surface area contributed by atoms with Crippen molar-refractivity contribution in [2.45, 2.75) is 6.92 Å². The Hall–Kier alpha value is -1.11. The summed E-state index contributed by atoms with van der Waals surface area (Å²) >= 11 is 2.14. The van der Waals surface area contributed by atoms with Crippen LogP contribution >= 0.6 is 22.6 Å². The summed E-state index contributed by atoms with van der Waals surface area (Å²) in [4.78, 5) is 24.8. The Morgan fingerprint density at radius 2 is 2.12 bits per heavy atom. The average Bonchev–Trinajstić information content (AvgIpc) is 2.34. The van der Waals surface area contributed by atoms with Crippen molar-refractivity contribution in [1.82, 2.24) is 10.2 Å². The van der Waals surface area contributed by atoms with Gasteiger partial charge in [0.2, 0.25) is 5.91 Å². The molecule has 1 rings (SSSR count). The Bertz CT molecular complexity index is 421. The van der Waals surface area contributed by atoms with Crippen molar-refractivity contribution in [2.75, 3.05) is 20.1 Å². The van der Waals surface area contributed by atoms with Gasteiger partial charge in [0.05, 0.1) is 6.54 Å². The zero-order valence-electron chi connectivity index (χ0n) is 9.87. The van der Waals surface area contributed by atoms with Gasteiger partial charge in [0.1, 0.15) is 0 Å². The number of nitrogens with one attached hydrogen (secondary N) is 1. The Balaban J connectivity index is 2.53. The Morgan fingerprint density at radius 3 is 2.71 bits per heavy atom. The Kier molecular flexibility index (Phi) is 5.40. The van der Waals surface area contributed by atoms with Gasteiger partial charge >= 0.3 is 0 Å². The topological polar surface area (TPSA) is 49.4 Å². The number of amides is 2. The number of carbonyl (C=O) groups excluding carboxylic acids is 2. The minimum absolute atomic E-state index is 0.0364. The predicted octanol–water partition coefficient (Wildman–Crippen LogP) is 1.50. The lowest BCUT2D eigenvalue weighted by molar-refractivity contribution is -0.128. The SMILES string of the molecule is CCN(C)C(=O)CNC(=O)c1cccc(I)c1. The van der Waals surface area contributed by atoms with E-state index in [2.05, 4.69) is 27.9 Å². The average molecular weight is 346 g/mol. The van der Waals surface area contributed by atoms with E-state index in [-0.39, 0.29) is 18.4 Å². The van der Waals surface area contributed by atoms with E-state index in [1.165, 1.54) is 0 Å². The summed E-state index contributed by atoms with van der Waals surface area (Å²) in [5.74, 6) is -0.312. The monoisotopic (exact) mass is 346 g/mol. The number of rotatable bonds is 4. The highest BCUT2D eigenvalue weighted by Crippen LogP contribution is 2.07. The molecule has 0 atom stereocenters. The van der Waals surface area contributed by atoms with Crippen molar-refractivity contribution in [3.8, 4) is 0 Å². The Labute approximate surface area is 115 Å². The number of halogens is 1. The van der Waals surface area contributed by atoms with Crippen LogP contribution in [0, 0.1) is 3.57 Å². The molecule has 0 unspecified atom stereocenters. The van der Waals surface area contributed by atoms with Gasteiger partial charge in [-0.3, -0.25) is 9.59 Å². The molecule has 0 saturated carbocycles. The first kappa shape index (κ1) is 14.0. The molecule has 0 aliphatic carbocycles. The molecule has 0 heterocycles. The lowest BCUT2D eigenvalue weighted by Crippen LogP contribution is -2.37. The fourth-order valence-corrected chi connectivity index (χ4v) is 1.74. The fourth-order valence-electron chi connectivity index (χ4n) is 1.20. The molecule has 0 aromatic heterocycles. The molecule has 2 amide bonds. The number of likely N-dealkylation sites (N-methyl/N-ethyl adjacent to an activating group) is 1. The van der Waals surface area contributed by atoms with E-state index < -0.39 is 0 Å². The largest absolute Gasteiger partial charge is 0.345 e. The summed E-state index contributed by atoms with van der Waals surface area (Å²) < 4.78 is 0.993. The summed E-state index contributed by atoms with van der Waals surface area (Å²) in [5.41, 5.74) is 0.573. The van der Waals surface area contributed by atoms with Gasteiger partial charge in [0.15, 0.2) is 0 Å². The highest BCUT2D eigenvalue weighted by Gasteiger charge is 2.10. The van der Waals surface area contributed by atoms with Gasteiger partial charge in [-0.05, 0) is 47.7 Å². The Morgan fingerprint density at radius 1 is 1.41 bits per heavy atom. The molecule has 0 radical (unpaired) electrons. The van der Waals surface area contributed by atoms with Crippen molar-refractivity contribution >= 4 is 34.4 Å². The molecule has 92 valence electrons. The second kappa shape index (κ2) is 6.58. The maximum atomic E-state index is 11.7. The molecule has 0 aliphatic rings. The third-order valence-electron chi connectivity index (χ3n) is 2.39. The minimum atomic E-state index is -0.221. The molecule has 1 N–H and O–H groups in total. The van der Waals surface area contributed by atoms with Crippen LogP contribution in [-0.4, -0.2) is 36.9 Å². The molecule has 0 spiro atoms. The van der Waals surface area contributed by atoms with Crippen LogP contribution in [0.1, 0.15) is 17.3 Å². The third kappa shape index (κ3) is 4.33. The van der Waals surface area contributed by atoms with Crippen LogP contribution in [0.15, 0.2) is 24.3 Å². The first-order chi connectivity index (χ1) is 8.04. The third-order valence-corrected chi connectivity index (χ3v) is 3.06. The van der Waals surface area contributed by atoms with E-state index in [0.717, 1.165) is 3.57 Å².